The highest BCUT2D eigenvalue weighted by molar-refractivity contribution is 7.89. The number of hydrogen-bond donors (Lipinski definition) is 3. The number of benzene rings is 3. The number of carbonyl (C=O) groups excluding carboxylic acids is 2. The highest BCUT2D eigenvalue weighted by Crippen LogP contribution is 2.31. The molecule has 0 heterocycles. The lowest BCUT2D eigenvalue weighted by Gasteiger charge is -2.13. The Balaban J connectivity index is 1.72. The van der Waals surface area contributed by atoms with Crippen molar-refractivity contribution in [3.8, 4) is 11.5 Å². The SMILES string of the molecule is COCCNC(=O)c1cccc(CC(=O)Nc2ccc(Oc3cccc(Cl)c3)c(S(N)(=O)=O)c2)c1. The number of halogens is 1. The number of ether oxygens (including phenoxy) is 2. The Bertz CT molecular complexity index is 1330. The van der Waals surface area contributed by atoms with Crippen LogP contribution in [0.5, 0.6) is 11.5 Å². The number of methoxy groups -OCH3 is 1. The van der Waals surface area contributed by atoms with Crippen LogP contribution in [0, 0.1) is 0 Å². The first-order chi connectivity index (χ1) is 16.7. The number of anilines is 1. The van der Waals surface area contributed by atoms with Crippen LogP contribution in [0.1, 0.15) is 15.9 Å². The first-order valence-electron chi connectivity index (χ1n) is 10.4. The molecule has 11 heteroatoms. The number of rotatable bonds is 10. The number of nitrogens with two attached hydrogens (primary N) is 1. The van der Waals surface area contributed by atoms with Crippen LogP contribution in [-0.2, 0) is 26.0 Å². The molecule has 0 radical (unpaired) electrons. The van der Waals surface area contributed by atoms with E-state index in [0.717, 1.165) is 0 Å². The second-order valence-corrected chi connectivity index (χ2v) is 9.41. The van der Waals surface area contributed by atoms with Gasteiger partial charge >= 0.3 is 0 Å². The number of primary sulfonamides is 1. The van der Waals surface area contributed by atoms with Crippen LogP contribution in [0.15, 0.2) is 71.6 Å². The molecule has 0 bridgehead atoms. The molecule has 0 aliphatic carbocycles. The molecule has 3 rings (SSSR count). The molecule has 0 aliphatic rings. The Morgan fingerprint density at radius 3 is 2.51 bits per heavy atom. The maximum absolute atomic E-state index is 12.6. The fraction of sp³-hybridized carbons (Fsp3) is 0.167. The molecular weight excluding hydrogens is 494 g/mol. The number of sulfonamides is 1. The molecule has 3 aromatic carbocycles. The zero-order valence-electron chi connectivity index (χ0n) is 18.8. The standard InChI is InChI=1S/C24H24ClN3O6S/c1-33-11-10-27-24(30)17-5-2-4-16(12-17)13-23(29)28-19-8-9-21(22(15-19)35(26,31)32)34-20-7-3-6-18(25)14-20/h2-9,12,14-15H,10-11,13H2,1H3,(H,27,30)(H,28,29)(H2,26,31,32). The molecule has 0 spiro atoms. The van der Waals surface area contributed by atoms with Crippen molar-refractivity contribution in [3.63, 3.8) is 0 Å². The summed E-state index contributed by atoms with van der Waals surface area (Å²) in [6.07, 6.45) is -0.0370. The van der Waals surface area contributed by atoms with Crippen molar-refractivity contribution in [2.45, 2.75) is 11.3 Å². The topological polar surface area (TPSA) is 137 Å². The van der Waals surface area contributed by atoms with Gasteiger partial charge in [0.25, 0.3) is 5.91 Å². The van der Waals surface area contributed by atoms with E-state index in [1.165, 1.54) is 31.4 Å². The average molecular weight is 518 g/mol. The molecule has 2 amide bonds. The fourth-order valence-corrected chi connectivity index (χ4v) is 3.99. The van der Waals surface area contributed by atoms with Gasteiger partial charge in [0.05, 0.1) is 13.0 Å². The van der Waals surface area contributed by atoms with Gasteiger partial charge in [-0.05, 0) is 54.1 Å². The predicted molar refractivity (Wildman–Crippen MR) is 132 cm³/mol. The second kappa shape index (κ2) is 11.8. The van der Waals surface area contributed by atoms with Crippen LogP contribution in [0.3, 0.4) is 0 Å². The largest absolute Gasteiger partial charge is 0.456 e. The third-order valence-corrected chi connectivity index (χ3v) is 5.87. The van der Waals surface area contributed by atoms with E-state index >= 15 is 0 Å². The van der Waals surface area contributed by atoms with Gasteiger partial charge < -0.3 is 20.1 Å². The summed E-state index contributed by atoms with van der Waals surface area (Å²) >= 11 is 5.95. The first-order valence-corrected chi connectivity index (χ1v) is 12.3. The van der Waals surface area contributed by atoms with E-state index in [1.807, 2.05) is 0 Å². The van der Waals surface area contributed by atoms with Gasteiger partial charge in [-0.25, -0.2) is 13.6 Å². The second-order valence-electron chi connectivity index (χ2n) is 7.44. The quantitative estimate of drug-likeness (QED) is 0.353. The van der Waals surface area contributed by atoms with E-state index in [9.17, 15) is 18.0 Å². The molecule has 0 atom stereocenters. The van der Waals surface area contributed by atoms with E-state index in [4.69, 9.17) is 26.2 Å². The zero-order valence-corrected chi connectivity index (χ0v) is 20.4. The molecule has 0 saturated heterocycles. The fourth-order valence-electron chi connectivity index (χ4n) is 3.13. The van der Waals surface area contributed by atoms with Gasteiger partial charge in [-0.1, -0.05) is 29.8 Å². The maximum Gasteiger partial charge on any atom is 0.251 e. The number of nitrogens with one attached hydrogen (secondary N) is 2. The molecule has 184 valence electrons. The predicted octanol–water partition coefficient (Wildman–Crippen LogP) is 3.34. The van der Waals surface area contributed by atoms with Crippen molar-refractivity contribution in [1.29, 1.82) is 0 Å². The molecule has 35 heavy (non-hydrogen) atoms. The third-order valence-electron chi connectivity index (χ3n) is 4.70. The minimum Gasteiger partial charge on any atom is -0.456 e. The van der Waals surface area contributed by atoms with Crippen molar-refractivity contribution in [2.75, 3.05) is 25.6 Å². The summed E-state index contributed by atoms with van der Waals surface area (Å²) in [5.41, 5.74) is 1.23. The lowest BCUT2D eigenvalue weighted by atomic mass is 10.1. The smallest absolute Gasteiger partial charge is 0.251 e. The lowest BCUT2D eigenvalue weighted by molar-refractivity contribution is -0.115. The van der Waals surface area contributed by atoms with E-state index in [-0.39, 0.29) is 28.7 Å². The molecular formula is C24H24ClN3O6S. The molecule has 4 N–H and O–H groups in total. The van der Waals surface area contributed by atoms with Gasteiger partial charge in [-0.2, -0.15) is 0 Å². The van der Waals surface area contributed by atoms with Crippen LogP contribution in [-0.4, -0.2) is 40.5 Å². The highest BCUT2D eigenvalue weighted by atomic mass is 35.5. The number of carbonyl (C=O) groups is 2. The summed E-state index contributed by atoms with van der Waals surface area (Å²) in [5, 5.41) is 11.1. The molecule has 0 unspecified atom stereocenters. The Labute approximate surface area is 208 Å². The first kappa shape index (κ1) is 26.2. The van der Waals surface area contributed by atoms with E-state index in [0.29, 0.717) is 35.1 Å². The summed E-state index contributed by atoms with van der Waals surface area (Å²) in [6, 6.07) is 17.2. The van der Waals surface area contributed by atoms with Gasteiger partial charge in [-0.15, -0.1) is 0 Å². The van der Waals surface area contributed by atoms with E-state index in [1.54, 1.807) is 42.5 Å². The zero-order chi connectivity index (χ0) is 25.4. The third kappa shape index (κ3) is 7.79. The minimum atomic E-state index is -4.17. The van der Waals surface area contributed by atoms with Crippen molar-refractivity contribution in [3.05, 3.63) is 82.9 Å². The number of hydrogen-bond acceptors (Lipinski definition) is 6. The van der Waals surface area contributed by atoms with Gasteiger partial charge in [-0.3, -0.25) is 9.59 Å². The summed E-state index contributed by atoms with van der Waals surface area (Å²) in [7, 11) is -2.63. The van der Waals surface area contributed by atoms with Crippen LogP contribution >= 0.6 is 11.6 Å². The molecule has 0 aliphatic heterocycles. The summed E-state index contributed by atoms with van der Waals surface area (Å²) in [5.74, 6) is -0.381. The molecule has 9 nitrogen and oxygen atoms in total. The van der Waals surface area contributed by atoms with E-state index in [2.05, 4.69) is 10.6 Å². The van der Waals surface area contributed by atoms with Gasteiger partial charge in [0, 0.05) is 29.9 Å². The van der Waals surface area contributed by atoms with Crippen molar-refractivity contribution in [2.24, 2.45) is 5.14 Å². The lowest BCUT2D eigenvalue weighted by Crippen LogP contribution is -2.27. The van der Waals surface area contributed by atoms with Crippen molar-refractivity contribution in [1.82, 2.24) is 5.32 Å². The monoisotopic (exact) mass is 517 g/mol. The Hall–Kier alpha value is -3.44. The van der Waals surface area contributed by atoms with Gasteiger partial charge in [0.15, 0.2) is 0 Å². The van der Waals surface area contributed by atoms with Crippen LogP contribution in [0.25, 0.3) is 0 Å². The van der Waals surface area contributed by atoms with Gasteiger partial charge in [0.1, 0.15) is 16.4 Å². The summed E-state index contributed by atoms with van der Waals surface area (Å²) in [6.45, 7) is 0.751. The highest BCUT2D eigenvalue weighted by Gasteiger charge is 2.18. The van der Waals surface area contributed by atoms with Crippen molar-refractivity contribution < 1.29 is 27.5 Å². The normalized spacial score (nSPS) is 11.1. The van der Waals surface area contributed by atoms with Crippen LogP contribution < -0.4 is 20.5 Å². The van der Waals surface area contributed by atoms with E-state index < -0.39 is 15.9 Å². The Morgan fingerprint density at radius 2 is 1.80 bits per heavy atom. The van der Waals surface area contributed by atoms with Crippen LogP contribution in [0.4, 0.5) is 5.69 Å². The van der Waals surface area contributed by atoms with Crippen molar-refractivity contribution >= 4 is 39.1 Å². The number of amides is 2. The summed E-state index contributed by atoms with van der Waals surface area (Å²) in [4.78, 5) is 24.5. The van der Waals surface area contributed by atoms with Crippen LogP contribution in [0.2, 0.25) is 5.02 Å². The minimum absolute atomic E-state index is 0.0139. The maximum atomic E-state index is 12.6. The Kier molecular flexibility index (Phi) is 8.83. The molecule has 0 aromatic heterocycles. The molecule has 0 saturated carbocycles. The molecule has 3 aromatic rings. The average Bonchev–Trinajstić information content (AvgIpc) is 2.79. The molecule has 0 fully saturated rings. The summed E-state index contributed by atoms with van der Waals surface area (Å²) < 4.78 is 34.8. The Morgan fingerprint density at radius 1 is 1.03 bits per heavy atom. The van der Waals surface area contributed by atoms with Gasteiger partial charge in [0.2, 0.25) is 15.9 Å².